The van der Waals surface area contributed by atoms with E-state index in [4.69, 9.17) is 4.42 Å². The van der Waals surface area contributed by atoms with Gasteiger partial charge in [0, 0.05) is 30.8 Å². The van der Waals surface area contributed by atoms with Crippen LogP contribution in [-0.2, 0) is 17.6 Å². The molecule has 3 aromatic rings. The summed E-state index contributed by atoms with van der Waals surface area (Å²) in [5.74, 6) is 0.734. The first-order valence-electron chi connectivity index (χ1n) is 8.51. The predicted molar refractivity (Wildman–Crippen MR) is 102 cm³/mol. The Labute approximate surface area is 155 Å². The first kappa shape index (κ1) is 16.6. The van der Waals surface area contributed by atoms with Crippen LogP contribution in [0, 0.1) is 0 Å². The molecule has 6 heteroatoms. The molecule has 1 aliphatic heterocycles. The van der Waals surface area contributed by atoms with Gasteiger partial charge in [0.15, 0.2) is 0 Å². The zero-order valence-electron chi connectivity index (χ0n) is 14.1. The van der Waals surface area contributed by atoms with Gasteiger partial charge in [-0.15, -0.1) is 11.3 Å². The molecule has 3 heterocycles. The fourth-order valence-corrected chi connectivity index (χ4v) is 3.79. The summed E-state index contributed by atoms with van der Waals surface area (Å²) in [7, 11) is 0. The highest BCUT2D eigenvalue weighted by molar-refractivity contribution is 7.12. The van der Waals surface area contributed by atoms with Crippen molar-refractivity contribution in [2.24, 2.45) is 0 Å². The number of furan rings is 1. The topological polar surface area (TPSA) is 62.6 Å². The van der Waals surface area contributed by atoms with Crippen LogP contribution < -0.4 is 10.2 Å². The molecule has 0 aliphatic carbocycles. The molecule has 0 saturated carbocycles. The molecule has 26 heavy (non-hydrogen) atoms. The SMILES string of the molecule is O=C(CCc1ccco1)Nc1ccc2c(c1)N(C(=O)c1cccs1)CC2. The van der Waals surface area contributed by atoms with E-state index in [1.54, 1.807) is 11.2 Å². The van der Waals surface area contributed by atoms with Crippen molar-refractivity contribution in [3.63, 3.8) is 0 Å². The second-order valence-corrected chi connectivity index (χ2v) is 7.10. The molecule has 4 rings (SSSR count). The average Bonchev–Trinajstić information content (AvgIpc) is 3.40. The summed E-state index contributed by atoms with van der Waals surface area (Å²) in [5.41, 5.74) is 2.72. The number of aryl methyl sites for hydroxylation is 1. The number of carbonyl (C=O) groups is 2. The smallest absolute Gasteiger partial charge is 0.268 e. The van der Waals surface area contributed by atoms with E-state index in [0.29, 0.717) is 25.1 Å². The van der Waals surface area contributed by atoms with Crippen LogP contribution in [0.15, 0.2) is 58.5 Å². The third kappa shape index (κ3) is 3.41. The molecule has 1 aliphatic rings. The van der Waals surface area contributed by atoms with Crippen molar-refractivity contribution < 1.29 is 14.0 Å². The molecule has 1 aromatic carbocycles. The van der Waals surface area contributed by atoms with Gasteiger partial charge in [0.2, 0.25) is 5.91 Å². The third-order valence-electron chi connectivity index (χ3n) is 4.42. The number of hydrogen-bond donors (Lipinski definition) is 1. The number of amides is 2. The minimum Gasteiger partial charge on any atom is -0.469 e. The molecule has 0 atom stereocenters. The van der Waals surface area contributed by atoms with E-state index in [1.165, 1.54) is 11.3 Å². The number of anilines is 2. The molecule has 2 amide bonds. The zero-order chi connectivity index (χ0) is 17.9. The fourth-order valence-electron chi connectivity index (χ4n) is 3.12. The summed E-state index contributed by atoms with van der Waals surface area (Å²) in [6, 6.07) is 13.2. The van der Waals surface area contributed by atoms with E-state index in [9.17, 15) is 9.59 Å². The molecule has 132 valence electrons. The van der Waals surface area contributed by atoms with Crippen LogP contribution in [0.25, 0.3) is 0 Å². The quantitative estimate of drug-likeness (QED) is 0.739. The maximum absolute atomic E-state index is 12.7. The molecule has 0 saturated heterocycles. The standard InChI is InChI=1S/C20H18N2O3S/c23-19(8-7-16-3-1-11-25-16)21-15-6-5-14-9-10-22(17(14)13-15)20(24)18-4-2-12-26-18/h1-6,11-13H,7-10H2,(H,21,23). The van der Waals surface area contributed by atoms with Crippen molar-refractivity contribution in [2.75, 3.05) is 16.8 Å². The van der Waals surface area contributed by atoms with Gasteiger partial charge >= 0.3 is 0 Å². The van der Waals surface area contributed by atoms with Crippen LogP contribution in [0.4, 0.5) is 11.4 Å². The van der Waals surface area contributed by atoms with Gasteiger partial charge in [-0.1, -0.05) is 12.1 Å². The van der Waals surface area contributed by atoms with Gasteiger partial charge in [0.05, 0.1) is 11.1 Å². The highest BCUT2D eigenvalue weighted by Gasteiger charge is 2.26. The zero-order valence-corrected chi connectivity index (χ0v) is 14.9. The number of nitrogens with zero attached hydrogens (tertiary/aromatic N) is 1. The number of hydrogen-bond acceptors (Lipinski definition) is 4. The van der Waals surface area contributed by atoms with Gasteiger partial charge < -0.3 is 14.6 Å². The molecule has 2 aromatic heterocycles. The number of benzene rings is 1. The van der Waals surface area contributed by atoms with Crippen molar-refractivity contribution in [3.8, 4) is 0 Å². The second kappa shape index (κ2) is 7.17. The first-order valence-corrected chi connectivity index (χ1v) is 9.39. The van der Waals surface area contributed by atoms with E-state index in [0.717, 1.165) is 28.3 Å². The van der Waals surface area contributed by atoms with Crippen LogP contribution >= 0.6 is 11.3 Å². The minimum atomic E-state index is -0.0736. The average molecular weight is 366 g/mol. The van der Waals surface area contributed by atoms with Gasteiger partial charge in [-0.25, -0.2) is 0 Å². The van der Waals surface area contributed by atoms with Gasteiger partial charge in [-0.3, -0.25) is 9.59 Å². The lowest BCUT2D eigenvalue weighted by molar-refractivity contribution is -0.116. The molecule has 0 unspecified atom stereocenters. The molecule has 0 radical (unpaired) electrons. The molecule has 0 bridgehead atoms. The number of nitrogens with one attached hydrogen (secondary N) is 1. The van der Waals surface area contributed by atoms with Crippen molar-refractivity contribution in [1.82, 2.24) is 0 Å². The van der Waals surface area contributed by atoms with Crippen molar-refractivity contribution in [3.05, 3.63) is 70.3 Å². The molecule has 0 spiro atoms. The van der Waals surface area contributed by atoms with E-state index >= 15 is 0 Å². The summed E-state index contributed by atoms with van der Waals surface area (Å²) < 4.78 is 5.25. The van der Waals surface area contributed by atoms with E-state index < -0.39 is 0 Å². The Balaban J connectivity index is 1.45. The van der Waals surface area contributed by atoms with Crippen LogP contribution in [-0.4, -0.2) is 18.4 Å². The highest BCUT2D eigenvalue weighted by Crippen LogP contribution is 2.32. The Morgan fingerprint density at radius 2 is 2.12 bits per heavy atom. The molecular formula is C20H18N2O3S. The van der Waals surface area contributed by atoms with Crippen LogP contribution in [0.5, 0.6) is 0 Å². The van der Waals surface area contributed by atoms with Gasteiger partial charge in [0.25, 0.3) is 5.91 Å². The monoisotopic (exact) mass is 366 g/mol. The lowest BCUT2D eigenvalue weighted by Crippen LogP contribution is -2.28. The van der Waals surface area contributed by atoms with Gasteiger partial charge in [-0.05, 0) is 47.7 Å². The maximum Gasteiger partial charge on any atom is 0.268 e. The first-order chi connectivity index (χ1) is 12.7. The number of thiophene rings is 1. The van der Waals surface area contributed by atoms with Crippen LogP contribution in [0.1, 0.15) is 27.4 Å². The molecule has 1 N–H and O–H groups in total. The molecule has 0 fully saturated rings. The van der Waals surface area contributed by atoms with Crippen molar-refractivity contribution >= 4 is 34.5 Å². The number of fused-ring (bicyclic) bond motifs is 1. The van der Waals surface area contributed by atoms with E-state index in [2.05, 4.69) is 5.32 Å². The fraction of sp³-hybridized carbons (Fsp3) is 0.200. The lowest BCUT2D eigenvalue weighted by Gasteiger charge is -2.17. The summed E-state index contributed by atoms with van der Waals surface area (Å²) in [4.78, 5) is 27.4. The molecule has 5 nitrogen and oxygen atoms in total. The largest absolute Gasteiger partial charge is 0.469 e. The summed E-state index contributed by atoms with van der Waals surface area (Å²) in [6.45, 7) is 0.669. The van der Waals surface area contributed by atoms with E-state index in [1.807, 2.05) is 47.8 Å². The normalized spacial score (nSPS) is 12.8. The van der Waals surface area contributed by atoms with Gasteiger partial charge in [0.1, 0.15) is 5.76 Å². The summed E-state index contributed by atoms with van der Waals surface area (Å²) >= 11 is 1.44. The Kier molecular flexibility index (Phi) is 4.58. The second-order valence-electron chi connectivity index (χ2n) is 6.16. The third-order valence-corrected chi connectivity index (χ3v) is 5.28. The number of rotatable bonds is 5. The maximum atomic E-state index is 12.7. The Morgan fingerprint density at radius 1 is 1.19 bits per heavy atom. The minimum absolute atomic E-state index is 0.0139. The van der Waals surface area contributed by atoms with E-state index in [-0.39, 0.29) is 11.8 Å². The van der Waals surface area contributed by atoms with Crippen molar-refractivity contribution in [2.45, 2.75) is 19.3 Å². The Morgan fingerprint density at radius 3 is 2.88 bits per heavy atom. The number of carbonyl (C=O) groups excluding carboxylic acids is 2. The lowest BCUT2D eigenvalue weighted by atomic mass is 10.1. The van der Waals surface area contributed by atoms with Crippen molar-refractivity contribution in [1.29, 1.82) is 0 Å². The highest BCUT2D eigenvalue weighted by atomic mass is 32.1. The predicted octanol–water partition coefficient (Wildman–Crippen LogP) is 4.12. The van der Waals surface area contributed by atoms with Crippen LogP contribution in [0.3, 0.4) is 0 Å². The molecular weight excluding hydrogens is 348 g/mol. The van der Waals surface area contributed by atoms with Gasteiger partial charge in [-0.2, -0.15) is 0 Å². The summed E-state index contributed by atoms with van der Waals surface area (Å²) in [5, 5.41) is 4.82. The van der Waals surface area contributed by atoms with Crippen LogP contribution in [0.2, 0.25) is 0 Å². The Bertz CT molecular complexity index is 917. The Hall–Kier alpha value is -2.86. The summed E-state index contributed by atoms with van der Waals surface area (Å²) in [6.07, 6.45) is 3.35.